The number of hydrogen-bond donors (Lipinski definition) is 3. The van der Waals surface area contributed by atoms with E-state index in [0.29, 0.717) is 31.8 Å². The van der Waals surface area contributed by atoms with Crippen LogP contribution in [0.1, 0.15) is 24.5 Å². The molecule has 4 heteroatoms. The molecule has 0 radical (unpaired) electrons. The fraction of sp³-hybridized carbons (Fsp3) is 0.462. The molecule has 0 aliphatic heterocycles. The summed E-state index contributed by atoms with van der Waals surface area (Å²) >= 11 is 0. The molecule has 0 atom stereocenters. The van der Waals surface area contributed by atoms with Crippen LogP contribution in [0.5, 0.6) is 5.75 Å². The molecular weight excluding hydrogens is 216 g/mol. The van der Waals surface area contributed by atoms with E-state index >= 15 is 0 Å². The maximum absolute atomic E-state index is 11.2. The number of para-hydroxylation sites is 1. The third-order valence-corrected chi connectivity index (χ3v) is 2.54. The van der Waals surface area contributed by atoms with Crippen molar-refractivity contribution in [2.75, 3.05) is 13.1 Å². The van der Waals surface area contributed by atoms with E-state index in [-0.39, 0.29) is 5.91 Å². The summed E-state index contributed by atoms with van der Waals surface area (Å²) < 4.78 is 0. The van der Waals surface area contributed by atoms with Crippen LogP contribution in [0.25, 0.3) is 0 Å². The van der Waals surface area contributed by atoms with Gasteiger partial charge >= 0.3 is 0 Å². The summed E-state index contributed by atoms with van der Waals surface area (Å²) in [7, 11) is 0. The number of carbonyl (C=O) groups is 1. The van der Waals surface area contributed by atoms with Gasteiger partial charge in [0.25, 0.3) is 0 Å². The summed E-state index contributed by atoms with van der Waals surface area (Å²) in [6.07, 6.45) is 0.459. The van der Waals surface area contributed by atoms with Crippen molar-refractivity contribution in [2.45, 2.75) is 26.8 Å². The summed E-state index contributed by atoms with van der Waals surface area (Å²) in [5.41, 5.74) is 1.73. The first kappa shape index (κ1) is 13.5. The van der Waals surface area contributed by atoms with Crippen LogP contribution in [0.2, 0.25) is 0 Å². The van der Waals surface area contributed by atoms with Gasteiger partial charge in [-0.3, -0.25) is 4.79 Å². The summed E-state index contributed by atoms with van der Waals surface area (Å²) in [5.74, 6) is 0.381. The number of carbonyl (C=O) groups excluding carboxylic acids is 1. The Morgan fingerprint density at radius 3 is 2.88 bits per heavy atom. The normalized spacial score (nSPS) is 10.2. The molecule has 0 saturated heterocycles. The van der Waals surface area contributed by atoms with E-state index in [2.05, 4.69) is 10.6 Å². The Morgan fingerprint density at radius 1 is 1.41 bits per heavy atom. The van der Waals surface area contributed by atoms with E-state index in [0.717, 1.165) is 11.1 Å². The first-order chi connectivity index (χ1) is 8.15. The third-order valence-electron chi connectivity index (χ3n) is 2.54. The van der Waals surface area contributed by atoms with Gasteiger partial charge in [0.05, 0.1) is 0 Å². The van der Waals surface area contributed by atoms with E-state index in [1.807, 2.05) is 32.0 Å². The molecule has 1 aromatic carbocycles. The molecule has 1 aromatic rings. The fourth-order valence-corrected chi connectivity index (χ4v) is 1.57. The largest absolute Gasteiger partial charge is 0.507 e. The van der Waals surface area contributed by atoms with Crippen molar-refractivity contribution in [3.63, 3.8) is 0 Å². The summed E-state index contributed by atoms with van der Waals surface area (Å²) in [4.78, 5) is 11.2. The van der Waals surface area contributed by atoms with Gasteiger partial charge in [-0.1, -0.05) is 18.2 Å². The molecule has 17 heavy (non-hydrogen) atoms. The number of hydrogen-bond acceptors (Lipinski definition) is 3. The molecule has 94 valence electrons. The topological polar surface area (TPSA) is 61.4 Å². The molecule has 1 rings (SSSR count). The fourth-order valence-electron chi connectivity index (χ4n) is 1.57. The zero-order valence-electron chi connectivity index (χ0n) is 10.4. The molecule has 3 N–H and O–H groups in total. The number of phenolic OH excluding ortho intramolecular Hbond substituents is 1. The second-order valence-electron chi connectivity index (χ2n) is 3.96. The van der Waals surface area contributed by atoms with Crippen LogP contribution in [-0.2, 0) is 11.3 Å². The minimum Gasteiger partial charge on any atom is -0.507 e. The van der Waals surface area contributed by atoms with Gasteiger partial charge in [0.1, 0.15) is 5.75 Å². The summed E-state index contributed by atoms with van der Waals surface area (Å²) in [6.45, 7) is 5.62. The third kappa shape index (κ3) is 4.44. The van der Waals surface area contributed by atoms with Gasteiger partial charge in [-0.15, -0.1) is 0 Å². The van der Waals surface area contributed by atoms with Crippen LogP contribution >= 0.6 is 0 Å². The molecule has 0 saturated carbocycles. The SMILES string of the molecule is CCNC(=O)CCNCc1cccc(C)c1O. The highest BCUT2D eigenvalue weighted by Crippen LogP contribution is 2.20. The summed E-state index contributed by atoms with van der Waals surface area (Å²) in [5, 5.41) is 15.6. The molecule has 0 fully saturated rings. The first-order valence-corrected chi connectivity index (χ1v) is 5.90. The Hall–Kier alpha value is -1.55. The second kappa shape index (κ2) is 6.91. The average Bonchev–Trinajstić information content (AvgIpc) is 2.30. The van der Waals surface area contributed by atoms with Crippen molar-refractivity contribution in [3.8, 4) is 5.75 Å². The van der Waals surface area contributed by atoms with Crippen molar-refractivity contribution in [3.05, 3.63) is 29.3 Å². The van der Waals surface area contributed by atoms with Crippen molar-refractivity contribution in [2.24, 2.45) is 0 Å². The maximum Gasteiger partial charge on any atom is 0.221 e. The standard InChI is InChI=1S/C13H20N2O2/c1-3-15-12(16)7-8-14-9-11-6-4-5-10(2)13(11)17/h4-6,14,17H,3,7-9H2,1-2H3,(H,15,16). The maximum atomic E-state index is 11.2. The lowest BCUT2D eigenvalue weighted by Gasteiger charge is -2.08. The van der Waals surface area contributed by atoms with Crippen LogP contribution in [0.15, 0.2) is 18.2 Å². The Bertz CT molecular complexity index is 378. The first-order valence-electron chi connectivity index (χ1n) is 5.90. The Kier molecular flexibility index (Phi) is 5.49. The highest BCUT2D eigenvalue weighted by atomic mass is 16.3. The second-order valence-corrected chi connectivity index (χ2v) is 3.96. The minimum atomic E-state index is 0.0495. The van der Waals surface area contributed by atoms with E-state index in [1.165, 1.54) is 0 Å². The zero-order valence-corrected chi connectivity index (χ0v) is 10.4. The number of amides is 1. The number of nitrogens with one attached hydrogen (secondary N) is 2. The molecular formula is C13H20N2O2. The Labute approximate surface area is 102 Å². The molecule has 0 aliphatic carbocycles. The lowest BCUT2D eigenvalue weighted by atomic mass is 10.1. The van der Waals surface area contributed by atoms with Crippen LogP contribution in [-0.4, -0.2) is 24.1 Å². The van der Waals surface area contributed by atoms with Gasteiger partial charge in [0.2, 0.25) is 5.91 Å². The van der Waals surface area contributed by atoms with E-state index in [1.54, 1.807) is 0 Å². The van der Waals surface area contributed by atoms with Gasteiger partial charge in [0.15, 0.2) is 0 Å². The molecule has 4 nitrogen and oxygen atoms in total. The zero-order chi connectivity index (χ0) is 12.7. The monoisotopic (exact) mass is 236 g/mol. The van der Waals surface area contributed by atoms with Crippen molar-refractivity contribution < 1.29 is 9.90 Å². The van der Waals surface area contributed by atoms with E-state index in [4.69, 9.17) is 0 Å². The number of benzene rings is 1. The molecule has 0 aliphatic rings. The number of phenols is 1. The predicted octanol–water partition coefficient (Wildman–Crippen LogP) is 1.32. The molecule has 0 bridgehead atoms. The van der Waals surface area contributed by atoms with Gasteiger partial charge < -0.3 is 15.7 Å². The Morgan fingerprint density at radius 2 is 2.18 bits per heavy atom. The smallest absolute Gasteiger partial charge is 0.221 e. The highest BCUT2D eigenvalue weighted by Gasteiger charge is 2.03. The highest BCUT2D eigenvalue weighted by molar-refractivity contribution is 5.75. The van der Waals surface area contributed by atoms with E-state index < -0.39 is 0 Å². The van der Waals surface area contributed by atoms with E-state index in [9.17, 15) is 9.90 Å². The van der Waals surface area contributed by atoms with Crippen LogP contribution in [0, 0.1) is 6.92 Å². The average molecular weight is 236 g/mol. The molecule has 0 aromatic heterocycles. The molecule has 0 unspecified atom stereocenters. The van der Waals surface area contributed by atoms with Crippen LogP contribution < -0.4 is 10.6 Å². The minimum absolute atomic E-state index is 0.0495. The molecule has 1 amide bonds. The lowest BCUT2D eigenvalue weighted by molar-refractivity contribution is -0.120. The van der Waals surface area contributed by atoms with Crippen LogP contribution in [0.3, 0.4) is 0 Å². The van der Waals surface area contributed by atoms with Crippen molar-refractivity contribution >= 4 is 5.91 Å². The summed E-state index contributed by atoms with van der Waals surface area (Å²) in [6, 6.07) is 5.66. The quantitative estimate of drug-likeness (QED) is 0.653. The van der Waals surface area contributed by atoms with Crippen molar-refractivity contribution in [1.29, 1.82) is 0 Å². The van der Waals surface area contributed by atoms with Gasteiger partial charge in [-0.05, 0) is 19.4 Å². The van der Waals surface area contributed by atoms with Gasteiger partial charge in [0, 0.05) is 31.6 Å². The Balaban J connectivity index is 2.31. The van der Waals surface area contributed by atoms with Crippen LogP contribution in [0.4, 0.5) is 0 Å². The van der Waals surface area contributed by atoms with Gasteiger partial charge in [-0.2, -0.15) is 0 Å². The lowest BCUT2D eigenvalue weighted by Crippen LogP contribution is -2.27. The van der Waals surface area contributed by atoms with Gasteiger partial charge in [-0.25, -0.2) is 0 Å². The molecule has 0 spiro atoms. The predicted molar refractivity (Wildman–Crippen MR) is 67.9 cm³/mol. The molecule has 0 heterocycles. The number of aryl methyl sites for hydroxylation is 1. The number of aromatic hydroxyl groups is 1. The van der Waals surface area contributed by atoms with Crippen molar-refractivity contribution in [1.82, 2.24) is 10.6 Å². The number of rotatable bonds is 6.